The smallest absolute Gasteiger partial charge is 0.319 e. The maximum atomic E-state index is 12.1. The van der Waals surface area contributed by atoms with Crippen LogP contribution >= 0.6 is 0 Å². The van der Waals surface area contributed by atoms with Crippen LogP contribution in [-0.2, 0) is 13.0 Å². The standard InChI is InChI=1S/C15H18N4O2/c1-21-14-5-3-2-4-13(14)18-15(20)17-11-7-9-19-12(10-11)6-8-16-19/h2-6,8,11H,7,9-10H2,1H3,(H2,17,18,20)/t11-/m0/s1. The Morgan fingerprint density at radius 1 is 1.38 bits per heavy atom. The van der Waals surface area contributed by atoms with Crippen molar-refractivity contribution in [2.75, 3.05) is 12.4 Å². The van der Waals surface area contributed by atoms with Gasteiger partial charge in [0, 0.05) is 30.9 Å². The van der Waals surface area contributed by atoms with Gasteiger partial charge in [0.15, 0.2) is 0 Å². The third-order valence-electron chi connectivity index (χ3n) is 3.64. The molecule has 2 N–H and O–H groups in total. The van der Waals surface area contributed by atoms with Gasteiger partial charge in [-0.2, -0.15) is 5.10 Å². The van der Waals surface area contributed by atoms with Crippen LogP contribution in [0, 0.1) is 0 Å². The largest absolute Gasteiger partial charge is 0.495 e. The van der Waals surface area contributed by atoms with E-state index < -0.39 is 0 Å². The summed E-state index contributed by atoms with van der Waals surface area (Å²) in [6, 6.07) is 9.26. The van der Waals surface area contributed by atoms with Gasteiger partial charge in [0.05, 0.1) is 12.8 Å². The van der Waals surface area contributed by atoms with Crippen molar-refractivity contribution in [2.24, 2.45) is 0 Å². The van der Waals surface area contributed by atoms with Crippen molar-refractivity contribution in [2.45, 2.75) is 25.4 Å². The molecule has 0 aliphatic carbocycles. The minimum absolute atomic E-state index is 0.129. The first-order chi connectivity index (χ1) is 10.3. The fourth-order valence-corrected chi connectivity index (χ4v) is 2.58. The lowest BCUT2D eigenvalue weighted by Crippen LogP contribution is -2.42. The zero-order valence-electron chi connectivity index (χ0n) is 11.9. The zero-order valence-corrected chi connectivity index (χ0v) is 11.9. The van der Waals surface area contributed by atoms with Crippen LogP contribution in [0.2, 0.25) is 0 Å². The van der Waals surface area contributed by atoms with Crippen LogP contribution in [0.25, 0.3) is 0 Å². The molecule has 0 saturated heterocycles. The summed E-state index contributed by atoms with van der Waals surface area (Å²) in [6.45, 7) is 0.835. The predicted octanol–water partition coefficient (Wildman–Crippen LogP) is 2.03. The van der Waals surface area contributed by atoms with Gasteiger partial charge in [0.1, 0.15) is 5.75 Å². The van der Waals surface area contributed by atoms with E-state index in [1.165, 1.54) is 0 Å². The first-order valence-corrected chi connectivity index (χ1v) is 6.97. The number of amides is 2. The molecule has 2 amide bonds. The molecule has 21 heavy (non-hydrogen) atoms. The average Bonchev–Trinajstić information content (AvgIpc) is 2.95. The Bertz CT molecular complexity index is 638. The molecule has 1 aliphatic rings. The number of anilines is 1. The molecule has 2 heterocycles. The van der Waals surface area contributed by atoms with Crippen molar-refractivity contribution in [3.8, 4) is 5.75 Å². The van der Waals surface area contributed by atoms with E-state index in [0.717, 1.165) is 25.1 Å². The van der Waals surface area contributed by atoms with Crippen LogP contribution in [0.4, 0.5) is 10.5 Å². The molecular weight excluding hydrogens is 268 g/mol. The molecule has 1 aromatic heterocycles. The number of urea groups is 1. The number of fused-ring (bicyclic) bond motifs is 1. The Morgan fingerprint density at radius 2 is 2.24 bits per heavy atom. The number of aryl methyl sites for hydroxylation is 1. The minimum atomic E-state index is -0.211. The number of carbonyl (C=O) groups is 1. The minimum Gasteiger partial charge on any atom is -0.495 e. The second-order valence-corrected chi connectivity index (χ2v) is 5.03. The van der Waals surface area contributed by atoms with E-state index in [9.17, 15) is 4.79 Å². The molecule has 1 aromatic carbocycles. The molecule has 1 atom stereocenters. The van der Waals surface area contributed by atoms with Crippen molar-refractivity contribution < 1.29 is 9.53 Å². The molecule has 0 unspecified atom stereocenters. The van der Waals surface area contributed by atoms with Crippen LogP contribution in [0.15, 0.2) is 36.5 Å². The molecule has 3 rings (SSSR count). The van der Waals surface area contributed by atoms with Gasteiger partial charge < -0.3 is 15.4 Å². The molecule has 2 aromatic rings. The summed E-state index contributed by atoms with van der Waals surface area (Å²) < 4.78 is 7.20. The van der Waals surface area contributed by atoms with E-state index in [-0.39, 0.29) is 12.1 Å². The van der Waals surface area contributed by atoms with Gasteiger partial charge >= 0.3 is 6.03 Å². The quantitative estimate of drug-likeness (QED) is 0.907. The highest BCUT2D eigenvalue weighted by atomic mass is 16.5. The summed E-state index contributed by atoms with van der Waals surface area (Å²) in [4.78, 5) is 12.1. The zero-order chi connectivity index (χ0) is 14.7. The van der Waals surface area contributed by atoms with Gasteiger partial charge in [-0.15, -0.1) is 0 Å². The second-order valence-electron chi connectivity index (χ2n) is 5.03. The Hall–Kier alpha value is -2.50. The van der Waals surface area contributed by atoms with Crippen LogP contribution in [-0.4, -0.2) is 29.0 Å². The summed E-state index contributed by atoms with van der Waals surface area (Å²) >= 11 is 0. The molecule has 0 saturated carbocycles. The van der Waals surface area contributed by atoms with Gasteiger partial charge in [-0.05, 0) is 24.6 Å². The van der Waals surface area contributed by atoms with Gasteiger partial charge in [0.2, 0.25) is 0 Å². The Labute approximate surface area is 123 Å². The van der Waals surface area contributed by atoms with E-state index in [1.54, 1.807) is 13.3 Å². The van der Waals surface area contributed by atoms with E-state index in [1.807, 2.05) is 35.0 Å². The predicted molar refractivity (Wildman–Crippen MR) is 79.5 cm³/mol. The van der Waals surface area contributed by atoms with Crippen molar-refractivity contribution in [3.05, 3.63) is 42.2 Å². The van der Waals surface area contributed by atoms with E-state index in [2.05, 4.69) is 15.7 Å². The highest BCUT2D eigenvalue weighted by Crippen LogP contribution is 2.23. The number of para-hydroxylation sites is 2. The molecule has 6 nitrogen and oxygen atoms in total. The van der Waals surface area contributed by atoms with Crippen LogP contribution in [0.5, 0.6) is 5.75 Å². The highest BCUT2D eigenvalue weighted by Gasteiger charge is 2.20. The number of methoxy groups -OCH3 is 1. The number of hydrogen-bond acceptors (Lipinski definition) is 3. The summed E-state index contributed by atoms with van der Waals surface area (Å²) in [5.74, 6) is 0.648. The van der Waals surface area contributed by atoms with E-state index >= 15 is 0 Å². The van der Waals surface area contributed by atoms with Crippen molar-refractivity contribution in [1.82, 2.24) is 15.1 Å². The van der Waals surface area contributed by atoms with E-state index in [4.69, 9.17) is 4.74 Å². The molecule has 0 fully saturated rings. The second kappa shape index (κ2) is 5.87. The van der Waals surface area contributed by atoms with Gasteiger partial charge in [-0.3, -0.25) is 4.68 Å². The van der Waals surface area contributed by atoms with Gasteiger partial charge in [-0.25, -0.2) is 4.79 Å². The van der Waals surface area contributed by atoms with Crippen LogP contribution in [0.3, 0.4) is 0 Å². The molecule has 0 radical (unpaired) electrons. The molecule has 0 bridgehead atoms. The number of aromatic nitrogens is 2. The number of nitrogens with one attached hydrogen (secondary N) is 2. The van der Waals surface area contributed by atoms with Crippen molar-refractivity contribution >= 4 is 11.7 Å². The lowest BCUT2D eigenvalue weighted by atomic mass is 10.0. The monoisotopic (exact) mass is 286 g/mol. The Morgan fingerprint density at radius 3 is 3.10 bits per heavy atom. The fraction of sp³-hybridized carbons (Fsp3) is 0.333. The lowest BCUT2D eigenvalue weighted by molar-refractivity contribution is 0.245. The summed E-state index contributed by atoms with van der Waals surface area (Å²) in [6.07, 6.45) is 3.49. The first kappa shape index (κ1) is 13.5. The summed E-state index contributed by atoms with van der Waals surface area (Å²) in [5.41, 5.74) is 1.82. The average molecular weight is 286 g/mol. The number of benzene rings is 1. The Balaban J connectivity index is 1.60. The lowest BCUT2D eigenvalue weighted by Gasteiger charge is -2.24. The maximum absolute atomic E-state index is 12.1. The third kappa shape index (κ3) is 2.99. The number of nitrogens with zero attached hydrogens (tertiary/aromatic N) is 2. The highest BCUT2D eigenvalue weighted by molar-refractivity contribution is 5.91. The maximum Gasteiger partial charge on any atom is 0.319 e. The molecule has 110 valence electrons. The molecule has 6 heteroatoms. The van der Waals surface area contributed by atoms with E-state index in [0.29, 0.717) is 11.4 Å². The normalized spacial score (nSPS) is 16.9. The fourth-order valence-electron chi connectivity index (χ4n) is 2.58. The van der Waals surface area contributed by atoms with Crippen molar-refractivity contribution in [1.29, 1.82) is 0 Å². The number of ether oxygens (including phenoxy) is 1. The molecular formula is C15H18N4O2. The summed E-state index contributed by atoms with van der Waals surface area (Å²) in [5, 5.41) is 10.1. The van der Waals surface area contributed by atoms with Crippen LogP contribution < -0.4 is 15.4 Å². The van der Waals surface area contributed by atoms with Gasteiger partial charge in [-0.1, -0.05) is 12.1 Å². The third-order valence-corrected chi connectivity index (χ3v) is 3.64. The van der Waals surface area contributed by atoms with Crippen molar-refractivity contribution in [3.63, 3.8) is 0 Å². The first-order valence-electron chi connectivity index (χ1n) is 6.97. The Kier molecular flexibility index (Phi) is 3.77. The molecule has 0 spiro atoms. The number of carbonyl (C=O) groups excluding carboxylic acids is 1. The summed E-state index contributed by atoms with van der Waals surface area (Å²) in [7, 11) is 1.58. The number of rotatable bonds is 3. The topological polar surface area (TPSA) is 68.2 Å². The molecule has 1 aliphatic heterocycles. The van der Waals surface area contributed by atoms with Gasteiger partial charge in [0.25, 0.3) is 0 Å². The SMILES string of the molecule is COc1ccccc1NC(=O)N[C@H]1CCn2nccc2C1. The van der Waals surface area contributed by atoms with Crippen LogP contribution in [0.1, 0.15) is 12.1 Å². The number of hydrogen-bond donors (Lipinski definition) is 2.